The minimum Gasteiger partial charge on any atom is -0.376 e. The van der Waals surface area contributed by atoms with Gasteiger partial charge in [-0.2, -0.15) is 0 Å². The van der Waals surface area contributed by atoms with Gasteiger partial charge in [-0.15, -0.1) is 0 Å². The fourth-order valence-corrected chi connectivity index (χ4v) is 5.98. The van der Waals surface area contributed by atoms with Crippen molar-refractivity contribution in [2.24, 2.45) is 0 Å². The van der Waals surface area contributed by atoms with Gasteiger partial charge in [0.15, 0.2) is 0 Å². The Morgan fingerprint density at radius 3 is 2.53 bits per heavy atom. The molecule has 0 bridgehead atoms. The summed E-state index contributed by atoms with van der Waals surface area (Å²) >= 11 is 6.28. The first-order chi connectivity index (χ1) is 15.3. The lowest BCUT2D eigenvalue weighted by molar-refractivity contribution is 0.0156. The van der Waals surface area contributed by atoms with E-state index in [1.807, 2.05) is 11.0 Å². The fourth-order valence-electron chi connectivity index (χ4n) is 4.93. The second-order valence-electron chi connectivity index (χ2n) is 8.77. The third-order valence-electron chi connectivity index (χ3n) is 6.53. The van der Waals surface area contributed by atoms with Crippen molar-refractivity contribution >= 4 is 27.4 Å². The van der Waals surface area contributed by atoms with Gasteiger partial charge in [-0.3, -0.25) is 4.79 Å². The fraction of sp³-hybridized carbons (Fsp3) is 0.522. The molecule has 1 saturated carbocycles. The van der Waals surface area contributed by atoms with Crippen molar-refractivity contribution in [2.75, 3.05) is 24.3 Å². The lowest BCUT2D eigenvalue weighted by Crippen LogP contribution is -2.48. The highest BCUT2D eigenvalue weighted by Crippen LogP contribution is 2.35. The number of hydrogen-bond acceptors (Lipinski definition) is 5. The summed E-state index contributed by atoms with van der Waals surface area (Å²) < 4.78 is 32.9. The van der Waals surface area contributed by atoms with Gasteiger partial charge in [-0.05, 0) is 43.6 Å². The predicted octanol–water partition coefficient (Wildman–Crippen LogP) is 3.27. The molecule has 2 aliphatic rings. The summed E-state index contributed by atoms with van der Waals surface area (Å²) in [6.45, 7) is 0.933. The van der Waals surface area contributed by atoms with Crippen molar-refractivity contribution in [3.8, 4) is 0 Å². The Morgan fingerprint density at radius 2 is 1.84 bits per heavy atom. The van der Waals surface area contributed by atoms with Crippen LogP contribution in [0.5, 0.6) is 0 Å². The zero-order valence-corrected chi connectivity index (χ0v) is 19.7. The molecule has 2 N–H and O–H groups in total. The van der Waals surface area contributed by atoms with Gasteiger partial charge in [0.05, 0.1) is 25.0 Å². The summed E-state index contributed by atoms with van der Waals surface area (Å²) in [6.07, 6.45) is 7.56. The minimum atomic E-state index is -3.38. The van der Waals surface area contributed by atoms with Gasteiger partial charge >= 0.3 is 0 Å². The number of sulfonamides is 1. The number of anilines is 1. The van der Waals surface area contributed by atoms with Gasteiger partial charge in [0, 0.05) is 24.8 Å². The van der Waals surface area contributed by atoms with E-state index in [2.05, 4.69) is 34.0 Å². The molecule has 2 atom stereocenters. The van der Waals surface area contributed by atoms with Crippen LogP contribution in [0.4, 0.5) is 5.82 Å². The van der Waals surface area contributed by atoms with Gasteiger partial charge < -0.3 is 14.6 Å². The Hall–Kier alpha value is -1.87. The maximum atomic E-state index is 12.0. The van der Waals surface area contributed by atoms with E-state index >= 15 is 0 Å². The number of pyridine rings is 1. The number of aromatic nitrogens is 1. The predicted molar refractivity (Wildman–Crippen MR) is 127 cm³/mol. The first-order valence-corrected chi connectivity index (χ1v) is 13.4. The number of ether oxygens (including phenoxy) is 1. The number of aromatic amines is 1. The Morgan fingerprint density at radius 1 is 1.12 bits per heavy atom. The summed E-state index contributed by atoms with van der Waals surface area (Å²) in [5.41, 5.74) is 1.12. The first-order valence-electron chi connectivity index (χ1n) is 11.1. The van der Waals surface area contributed by atoms with E-state index in [1.165, 1.54) is 11.6 Å². The van der Waals surface area contributed by atoms with Gasteiger partial charge in [0.25, 0.3) is 0 Å². The molecule has 2 fully saturated rings. The molecule has 1 aromatic heterocycles. The molecule has 2 aromatic rings. The smallest absolute Gasteiger partial charge is 0.209 e. The third kappa shape index (κ3) is 5.54. The van der Waals surface area contributed by atoms with Crippen molar-refractivity contribution in [1.82, 2.24) is 9.71 Å². The van der Waals surface area contributed by atoms with E-state index in [9.17, 15) is 13.2 Å². The SMILES string of the molecule is CS(=O)(=O)N[C@H]1CCN(c2[nH]ccc(=O)c2Cl)[C@H]1COC1CCC(c2ccccc2)CC1. The van der Waals surface area contributed by atoms with E-state index in [0.717, 1.165) is 31.9 Å². The molecule has 1 saturated heterocycles. The Bertz CT molecular complexity index is 1070. The van der Waals surface area contributed by atoms with Crippen LogP contribution in [-0.4, -0.2) is 51.0 Å². The maximum Gasteiger partial charge on any atom is 0.209 e. The second kappa shape index (κ2) is 9.95. The number of hydrogen-bond donors (Lipinski definition) is 2. The maximum absolute atomic E-state index is 12.0. The molecule has 7 nitrogen and oxygen atoms in total. The zero-order chi connectivity index (χ0) is 22.7. The standard InChI is InChI=1S/C23H30ClN3O4S/c1-32(29,30)26-19-12-14-27(23-22(24)21(28)11-13-25-23)20(19)15-31-18-9-7-17(8-10-18)16-5-3-2-4-6-16/h2-6,11,13,17-20,26H,7-10,12,14-15H2,1H3,(H,25,28)/t17?,18?,19-,20-/m0/s1. The minimum absolute atomic E-state index is 0.112. The van der Waals surface area contributed by atoms with Crippen molar-refractivity contribution in [3.63, 3.8) is 0 Å². The average molecular weight is 480 g/mol. The van der Waals surface area contributed by atoms with Crippen LogP contribution in [0.25, 0.3) is 0 Å². The van der Waals surface area contributed by atoms with Crippen molar-refractivity contribution in [3.05, 3.63) is 63.4 Å². The van der Waals surface area contributed by atoms with Crippen LogP contribution >= 0.6 is 11.6 Å². The molecule has 0 spiro atoms. The van der Waals surface area contributed by atoms with Crippen LogP contribution in [0.2, 0.25) is 5.02 Å². The molecule has 32 heavy (non-hydrogen) atoms. The molecule has 1 aliphatic heterocycles. The summed E-state index contributed by atoms with van der Waals surface area (Å²) in [5.74, 6) is 1.07. The number of nitrogens with zero attached hydrogens (tertiary/aromatic N) is 1. The average Bonchev–Trinajstić information content (AvgIpc) is 3.15. The normalized spacial score (nSPS) is 26.4. The number of nitrogens with one attached hydrogen (secondary N) is 2. The summed E-state index contributed by atoms with van der Waals surface area (Å²) in [6, 6.07) is 11.4. The van der Waals surface area contributed by atoms with Crippen LogP contribution in [0.3, 0.4) is 0 Å². The van der Waals surface area contributed by atoms with Gasteiger partial charge in [0.2, 0.25) is 15.5 Å². The third-order valence-corrected chi connectivity index (χ3v) is 7.62. The largest absolute Gasteiger partial charge is 0.376 e. The second-order valence-corrected chi connectivity index (χ2v) is 10.9. The van der Waals surface area contributed by atoms with E-state index in [1.54, 1.807) is 6.20 Å². The number of rotatable bonds is 7. The molecule has 0 radical (unpaired) electrons. The monoisotopic (exact) mass is 479 g/mol. The topological polar surface area (TPSA) is 91.5 Å². The number of H-pyrrole nitrogens is 1. The Kier molecular flexibility index (Phi) is 7.24. The van der Waals surface area contributed by atoms with Crippen LogP contribution < -0.4 is 15.1 Å². The molecular formula is C23H30ClN3O4S. The molecule has 1 aliphatic carbocycles. The van der Waals surface area contributed by atoms with Crippen LogP contribution in [-0.2, 0) is 14.8 Å². The molecule has 0 amide bonds. The molecule has 0 unspecified atom stereocenters. The molecular weight excluding hydrogens is 450 g/mol. The van der Waals surface area contributed by atoms with E-state index in [0.29, 0.717) is 31.3 Å². The molecule has 174 valence electrons. The first kappa shape index (κ1) is 23.3. The van der Waals surface area contributed by atoms with Crippen molar-refractivity contribution in [2.45, 2.75) is 56.2 Å². The van der Waals surface area contributed by atoms with Gasteiger partial charge in [0.1, 0.15) is 10.8 Å². The molecule has 1 aromatic carbocycles. The van der Waals surface area contributed by atoms with Crippen LogP contribution in [0, 0.1) is 0 Å². The van der Waals surface area contributed by atoms with Crippen LogP contribution in [0.15, 0.2) is 47.4 Å². The highest BCUT2D eigenvalue weighted by molar-refractivity contribution is 7.88. The van der Waals surface area contributed by atoms with Crippen molar-refractivity contribution < 1.29 is 13.2 Å². The van der Waals surface area contributed by atoms with E-state index < -0.39 is 10.0 Å². The summed E-state index contributed by atoms with van der Waals surface area (Å²) in [4.78, 5) is 17.1. The van der Waals surface area contributed by atoms with Gasteiger partial charge in [-0.25, -0.2) is 13.1 Å². The van der Waals surface area contributed by atoms with E-state index in [-0.39, 0.29) is 28.6 Å². The summed E-state index contributed by atoms with van der Waals surface area (Å²) in [7, 11) is -3.38. The summed E-state index contributed by atoms with van der Waals surface area (Å²) in [5, 5.41) is 0.112. The van der Waals surface area contributed by atoms with E-state index in [4.69, 9.17) is 16.3 Å². The zero-order valence-electron chi connectivity index (χ0n) is 18.2. The quantitative estimate of drug-likeness (QED) is 0.636. The number of halogens is 1. The number of benzene rings is 1. The molecule has 4 rings (SSSR count). The lowest BCUT2D eigenvalue weighted by Gasteiger charge is -2.33. The van der Waals surface area contributed by atoms with Crippen LogP contribution in [0.1, 0.15) is 43.6 Å². The Balaban J connectivity index is 1.43. The molecule has 9 heteroatoms. The molecule has 2 heterocycles. The lowest BCUT2D eigenvalue weighted by atomic mass is 9.83. The highest BCUT2D eigenvalue weighted by Gasteiger charge is 2.38. The highest BCUT2D eigenvalue weighted by atomic mass is 35.5. The Labute approximate surface area is 194 Å². The van der Waals surface area contributed by atoms with Crippen molar-refractivity contribution in [1.29, 1.82) is 0 Å². The van der Waals surface area contributed by atoms with Gasteiger partial charge in [-0.1, -0.05) is 41.9 Å².